The van der Waals surface area contributed by atoms with Gasteiger partial charge in [0.15, 0.2) is 5.76 Å². The first-order valence-corrected chi connectivity index (χ1v) is 8.42. The summed E-state index contributed by atoms with van der Waals surface area (Å²) in [4.78, 5) is 18.6. The molecule has 0 spiro atoms. The lowest BCUT2D eigenvalue weighted by Gasteiger charge is -2.31. The monoisotopic (exact) mass is 342 g/mol. The molecule has 1 aliphatic rings. The molecule has 130 valence electrons. The predicted octanol–water partition coefficient (Wildman–Crippen LogP) is 3.02. The Morgan fingerprint density at radius 3 is 2.88 bits per heavy atom. The van der Waals surface area contributed by atoms with Crippen LogP contribution < -0.4 is 0 Å². The van der Waals surface area contributed by atoms with E-state index in [9.17, 15) is 9.18 Å². The molecule has 7 heteroatoms. The minimum absolute atomic E-state index is 0.117. The Balaban J connectivity index is 1.46. The number of hydrogen-bond donors (Lipinski definition) is 0. The van der Waals surface area contributed by atoms with E-state index < -0.39 is 0 Å². The summed E-state index contributed by atoms with van der Waals surface area (Å²) >= 11 is 0. The van der Waals surface area contributed by atoms with Crippen LogP contribution in [0.3, 0.4) is 0 Å². The maximum atomic E-state index is 13.4. The first-order chi connectivity index (χ1) is 12.1. The molecule has 0 bridgehead atoms. The van der Waals surface area contributed by atoms with Crippen molar-refractivity contribution in [2.45, 2.75) is 26.3 Å². The van der Waals surface area contributed by atoms with Gasteiger partial charge in [0.1, 0.15) is 24.1 Å². The van der Waals surface area contributed by atoms with E-state index in [1.54, 1.807) is 19.3 Å². The number of likely N-dealkylation sites (tertiary alicyclic amines) is 1. The van der Waals surface area contributed by atoms with Gasteiger partial charge in [0.25, 0.3) is 5.91 Å². The molecule has 0 aliphatic carbocycles. The number of benzene rings is 1. The molecule has 0 unspecified atom stereocenters. The highest BCUT2D eigenvalue weighted by Gasteiger charge is 2.27. The Bertz CT molecular complexity index is 895. The highest BCUT2D eigenvalue weighted by molar-refractivity contribution is 5.99. The van der Waals surface area contributed by atoms with Crippen molar-refractivity contribution >= 4 is 16.9 Å². The van der Waals surface area contributed by atoms with Gasteiger partial charge in [0, 0.05) is 30.6 Å². The molecule has 4 rings (SSSR count). The number of fused-ring (bicyclic) bond motifs is 1. The molecule has 25 heavy (non-hydrogen) atoms. The Hall–Kier alpha value is -2.70. The summed E-state index contributed by atoms with van der Waals surface area (Å²) in [5.41, 5.74) is 1.24. The molecule has 3 aromatic rings. The van der Waals surface area contributed by atoms with Gasteiger partial charge in [-0.1, -0.05) is 0 Å². The van der Waals surface area contributed by atoms with Gasteiger partial charge in [-0.3, -0.25) is 9.48 Å². The fraction of sp³-hybridized carbons (Fsp3) is 0.389. The van der Waals surface area contributed by atoms with Crippen LogP contribution in [-0.2, 0) is 6.54 Å². The average Bonchev–Trinajstić information content (AvgIpc) is 3.23. The minimum atomic E-state index is -0.329. The molecule has 1 amide bonds. The fourth-order valence-corrected chi connectivity index (χ4v) is 3.45. The largest absolute Gasteiger partial charge is 0.451 e. The van der Waals surface area contributed by atoms with Crippen LogP contribution in [-0.4, -0.2) is 38.7 Å². The molecule has 2 aromatic heterocycles. The summed E-state index contributed by atoms with van der Waals surface area (Å²) in [5, 5.41) is 4.79. The topological polar surface area (TPSA) is 64.2 Å². The summed E-state index contributed by atoms with van der Waals surface area (Å²) in [6.45, 7) is 3.99. The van der Waals surface area contributed by atoms with Crippen LogP contribution >= 0.6 is 0 Å². The van der Waals surface area contributed by atoms with Crippen molar-refractivity contribution in [1.29, 1.82) is 0 Å². The zero-order valence-electron chi connectivity index (χ0n) is 14.0. The molecule has 1 saturated heterocycles. The molecule has 3 heterocycles. The predicted molar refractivity (Wildman–Crippen MR) is 89.6 cm³/mol. The van der Waals surface area contributed by atoms with E-state index in [0.29, 0.717) is 41.3 Å². The smallest absolute Gasteiger partial charge is 0.289 e. The van der Waals surface area contributed by atoms with Crippen LogP contribution in [0.2, 0.25) is 0 Å². The van der Waals surface area contributed by atoms with Crippen molar-refractivity contribution in [3.05, 3.63) is 48.0 Å². The zero-order chi connectivity index (χ0) is 17.4. The van der Waals surface area contributed by atoms with Crippen LogP contribution in [0.15, 0.2) is 35.3 Å². The second-order valence-electron chi connectivity index (χ2n) is 6.55. The zero-order valence-corrected chi connectivity index (χ0v) is 14.0. The highest BCUT2D eigenvalue weighted by Crippen LogP contribution is 2.28. The molecule has 1 fully saturated rings. The lowest BCUT2D eigenvalue weighted by molar-refractivity contribution is 0.0650. The third-order valence-corrected chi connectivity index (χ3v) is 4.91. The number of piperidine rings is 1. The Kier molecular flexibility index (Phi) is 3.99. The summed E-state index contributed by atoms with van der Waals surface area (Å²) in [6, 6.07) is 4.32. The lowest BCUT2D eigenvalue weighted by atomic mass is 9.96. The number of carbonyl (C=O) groups excluding carboxylic acids is 1. The standard InChI is InChI=1S/C18H19FN4O2/c1-12-15-8-14(19)2-3-16(15)25-17(12)18(24)22-6-4-13(5-7-22)9-23-11-20-10-21-23/h2-3,8,10-11,13H,4-7,9H2,1H3. The normalized spacial score (nSPS) is 15.8. The second-order valence-corrected chi connectivity index (χ2v) is 6.55. The SMILES string of the molecule is Cc1c(C(=O)N2CCC(Cn3cncn3)CC2)oc2ccc(F)cc12. The lowest BCUT2D eigenvalue weighted by Crippen LogP contribution is -2.39. The fourth-order valence-electron chi connectivity index (χ4n) is 3.45. The number of rotatable bonds is 3. The molecule has 0 N–H and O–H groups in total. The maximum Gasteiger partial charge on any atom is 0.289 e. The van der Waals surface area contributed by atoms with E-state index in [2.05, 4.69) is 10.1 Å². The number of amides is 1. The van der Waals surface area contributed by atoms with E-state index in [-0.39, 0.29) is 11.7 Å². The van der Waals surface area contributed by atoms with Crippen molar-refractivity contribution in [3.63, 3.8) is 0 Å². The van der Waals surface area contributed by atoms with Crippen LogP contribution in [0.5, 0.6) is 0 Å². The van der Waals surface area contributed by atoms with E-state index in [1.165, 1.54) is 18.5 Å². The van der Waals surface area contributed by atoms with Crippen molar-refractivity contribution < 1.29 is 13.6 Å². The van der Waals surface area contributed by atoms with Crippen LogP contribution in [0.4, 0.5) is 4.39 Å². The summed E-state index contributed by atoms with van der Waals surface area (Å²) in [7, 11) is 0. The van der Waals surface area contributed by atoms with Gasteiger partial charge in [-0.15, -0.1) is 0 Å². The highest BCUT2D eigenvalue weighted by atomic mass is 19.1. The molecule has 6 nitrogen and oxygen atoms in total. The maximum absolute atomic E-state index is 13.4. The number of furan rings is 1. The first-order valence-electron chi connectivity index (χ1n) is 8.42. The molecular weight excluding hydrogens is 323 g/mol. The quantitative estimate of drug-likeness (QED) is 0.734. The Morgan fingerprint density at radius 1 is 1.36 bits per heavy atom. The van der Waals surface area contributed by atoms with Crippen LogP contribution in [0.1, 0.15) is 29.0 Å². The van der Waals surface area contributed by atoms with Crippen molar-refractivity contribution in [2.75, 3.05) is 13.1 Å². The summed E-state index contributed by atoms with van der Waals surface area (Å²) in [6.07, 6.45) is 5.08. The summed E-state index contributed by atoms with van der Waals surface area (Å²) < 4.78 is 21.0. The number of nitrogens with zero attached hydrogens (tertiary/aromatic N) is 4. The number of halogens is 1. The molecular formula is C18H19FN4O2. The van der Waals surface area contributed by atoms with E-state index in [0.717, 1.165) is 19.4 Å². The van der Waals surface area contributed by atoms with Gasteiger partial charge in [0.2, 0.25) is 0 Å². The van der Waals surface area contributed by atoms with Gasteiger partial charge in [-0.25, -0.2) is 9.37 Å². The van der Waals surface area contributed by atoms with Crippen molar-refractivity contribution in [2.24, 2.45) is 5.92 Å². The van der Waals surface area contributed by atoms with Gasteiger partial charge in [-0.2, -0.15) is 5.10 Å². The first kappa shape index (κ1) is 15.8. The van der Waals surface area contributed by atoms with Gasteiger partial charge in [0.05, 0.1) is 0 Å². The molecule has 1 aromatic carbocycles. The summed E-state index contributed by atoms with van der Waals surface area (Å²) in [5.74, 6) is 0.351. The van der Waals surface area contributed by atoms with E-state index in [4.69, 9.17) is 4.42 Å². The Labute approximate surface area is 144 Å². The van der Waals surface area contributed by atoms with Crippen LogP contribution in [0, 0.1) is 18.7 Å². The minimum Gasteiger partial charge on any atom is -0.451 e. The molecule has 0 saturated carbocycles. The number of hydrogen-bond acceptors (Lipinski definition) is 4. The van der Waals surface area contributed by atoms with E-state index >= 15 is 0 Å². The Morgan fingerprint density at radius 2 is 2.16 bits per heavy atom. The third kappa shape index (κ3) is 3.01. The van der Waals surface area contributed by atoms with Gasteiger partial charge < -0.3 is 9.32 Å². The number of aryl methyl sites for hydroxylation is 1. The third-order valence-electron chi connectivity index (χ3n) is 4.91. The molecule has 0 atom stereocenters. The number of carbonyl (C=O) groups is 1. The average molecular weight is 342 g/mol. The van der Waals surface area contributed by atoms with Crippen molar-refractivity contribution in [3.8, 4) is 0 Å². The van der Waals surface area contributed by atoms with Crippen LogP contribution in [0.25, 0.3) is 11.0 Å². The number of aromatic nitrogens is 3. The molecule has 1 aliphatic heterocycles. The molecule has 0 radical (unpaired) electrons. The van der Waals surface area contributed by atoms with Crippen molar-refractivity contribution in [1.82, 2.24) is 19.7 Å². The van der Waals surface area contributed by atoms with Gasteiger partial charge in [-0.05, 0) is 43.9 Å². The second kappa shape index (κ2) is 6.31. The van der Waals surface area contributed by atoms with E-state index in [1.807, 2.05) is 9.58 Å². The van der Waals surface area contributed by atoms with Gasteiger partial charge >= 0.3 is 0 Å².